The van der Waals surface area contributed by atoms with Crippen molar-refractivity contribution < 1.29 is 0 Å². The summed E-state index contributed by atoms with van der Waals surface area (Å²) in [6.45, 7) is 5.22. The summed E-state index contributed by atoms with van der Waals surface area (Å²) < 4.78 is 2.06. The van der Waals surface area contributed by atoms with E-state index in [2.05, 4.69) is 34.5 Å². The fourth-order valence-corrected chi connectivity index (χ4v) is 1.94. The van der Waals surface area contributed by atoms with Gasteiger partial charge in [-0.05, 0) is 23.6 Å². The highest BCUT2D eigenvalue weighted by Gasteiger charge is 2.09. The molecule has 0 spiro atoms. The predicted octanol–water partition coefficient (Wildman–Crippen LogP) is 2.32. The molecule has 0 saturated carbocycles. The summed E-state index contributed by atoms with van der Waals surface area (Å²) in [7, 11) is 1.77. The van der Waals surface area contributed by atoms with Gasteiger partial charge < -0.3 is 10.3 Å². The van der Waals surface area contributed by atoms with Crippen LogP contribution in [0.2, 0.25) is 0 Å². The Morgan fingerprint density at radius 1 is 1.47 bits per heavy atom. The molecule has 0 aliphatic rings. The summed E-state index contributed by atoms with van der Waals surface area (Å²) in [4.78, 5) is 8.39. The number of hydrogen-bond donors (Lipinski definition) is 1. The third-order valence-electron chi connectivity index (χ3n) is 2.63. The number of nitrogens with two attached hydrogens (primary N) is 1. The lowest BCUT2D eigenvalue weighted by Crippen LogP contribution is -2.07. The third-order valence-corrected chi connectivity index (χ3v) is 2.63. The van der Waals surface area contributed by atoms with Crippen molar-refractivity contribution in [3.8, 4) is 0 Å². The van der Waals surface area contributed by atoms with Gasteiger partial charge in [-0.15, -0.1) is 0 Å². The SMILES string of the molecule is CN=Cc1ccc2nc(N)n(CC(C)C)c2c1. The highest BCUT2D eigenvalue weighted by Crippen LogP contribution is 2.20. The number of aromatic nitrogens is 2. The molecule has 1 aromatic carbocycles. The number of aliphatic imine (C=N–C) groups is 1. The highest BCUT2D eigenvalue weighted by atomic mass is 15.1. The molecule has 4 heteroatoms. The van der Waals surface area contributed by atoms with Crippen molar-refractivity contribution in [2.45, 2.75) is 20.4 Å². The van der Waals surface area contributed by atoms with Gasteiger partial charge in [0, 0.05) is 19.8 Å². The summed E-state index contributed by atoms with van der Waals surface area (Å²) in [5.41, 5.74) is 9.04. The van der Waals surface area contributed by atoms with E-state index in [4.69, 9.17) is 5.73 Å². The van der Waals surface area contributed by atoms with E-state index in [1.807, 2.05) is 18.3 Å². The molecule has 0 bridgehead atoms. The number of imidazole rings is 1. The van der Waals surface area contributed by atoms with Crippen molar-refractivity contribution in [1.29, 1.82) is 0 Å². The largest absolute Gasteiger partial charge is 0.369 e. The van der Waals surface area contributed by atoms with E-state index in [1.54, 1.807) is 7.05 Å². The Morgan fingerprint density at radius 3 is 2.88 bits per heavy atom. The van der Waals surface area contributed by atoms with E-state index in [1.165, 1.54) is 0 Å². The molecule has 4 nitrogen and oxygen atoms in total. The zero-order valence-corrected chi connectivity index (χ0v) is 10.5. The van der Waals surface area contributed by atoms with Crippen LogP contribution in [-0.2, 0) is 6.54 Å². The minimum Gasteiger partial charge on any atom is -0.369 e. The van der Waals surface area contributed by atoms with Gasteiger partial charge in [0.25, 0.3) is 0 Å². The van der Waals surface area contributed by atoms with Gasteiger partial charge in [0.15, 0.2) is 0 Å². The number of benzene rings is 1. The predicted molar refractivity (Wildman–Crippen MR) is 72.5 cm³/mol. The number of hydrogen-bond acceptors (Lipinski definition) is 3. The summed E-state index contributed by atoms with van der Waals surface area (Å²) in [5.74, 6) is 1.12. The van der Waals surface area contributed by atoms with Gasteiger partial charge in [-0.1, -0.05) is 19.9 Å². The maximum Gasteiger partial charge on any atom is 0.201 e. The Morgan fingerprint density at radius 2 is 2.24 bits per heavy atom. The van der Waals surface area contributed by atoms with E-state index >= 15 is 0 Å². The van der Waals surface area contributed by atoms with Gasteiger partial charge in [0.1, 0.15) is 0 Å². The normalized spacial score (nSPS) is 12.0. The molecule has 0 radical (unpaired) electrons. The Hall–Kier alpha value is -1.84. The molecule has 90 valence electrons. The topological polar surface area (TPSA) is 56.2 Å². The van der Waals surface area contributed by atoms with E-state index in [-0.39, 0.29) is 0 Å². The summed E-state index contributed by atoms with van der Waals surface area (Å²) in [6, 6.07) is 6.06. The van der Waals surface area contributed by atoms with Gasteiger partial charge in [-0.2, -0.15) is 0 Å². The lowest BCUT2D eigenvalue weighted by Gasteiger charge is -2.09. The van der Waals surface area contributed by atoms with Crippen LogP contribution < -0.4 is 5.73 Å². The van der Waals surface area contributed by atoms with E-state index in [0.29, 0.717) is 11.9 Å². The standard InChI is InChI=1S/C13H18N4/c1-9(2)8-17-12-6-10(7-15-3)4-5-11(12)16-13(17)14/h4-7,9H,8H2,1-3H3,(H2,14,16). The van der Waals surface area contributed by atoms with Gasteiger partial charge >= 0.3 is 0 Å². The lowest BCUT2D eigenvalue weighted by molar-refractivity contribution is 0.538. The lowest BCUT2D eigenvalue weighted by atomic mass is 10.2. The van der Waals surface area contributed by atoms with Gasteiger partial charge in [-0.3, -0.25) is 4.99 Å². The first-order chi connectivity index (χ1) is 8.11. The second-order valence-corrected chi connectivity index (χ2v) is 4.61. The Kier molecular flexibility index (Phi) is 3.13. The molecule has 0 amide bonds. The first kappa shape index (κ1) is 11.6. The van der Waals surface area contributed by atoms with Crippen LogP contribution in [0.5, 0.6) is 0 Å². The second kappa shape index (κ2) is 4.57. The van der Waals surface area contributed by atoms with Crippen LogP contribution in [-0.4, -0.2) is 22.8 Å². The van der Waals surface area contributed by atoms with Crippen LogP contribution in [0, 0.1) is 5.92 Å². The Bertz CT molecular complexity index is 552. The average molecular weight is 230 g/mol. The number of rotatable bonds is 3. The number of nitrogen functional groups attached to an aromatic ring is 1. The number of anilines is 1. The molecule has 2 rings (SSSR count). The highest BCUT2D eigenvalue weighted by molar-refractivity contribution is 5.88. The van der Waals surface area contributed by atoms with Gasteiger partial charge in [0.05, 0.1) is 11.0 Å². The van der Waals surface area contributed by atoms with E-state index < -0.39 is 0 Å². The van der Waals surface area contributed by atoms with Crippen LogP contribution in [0.25, 0.3) is 11.0 Å². The van der Waals surface area contributed by atoms with Crippen LogP contribution in [0.15, 0.2) is 23.2 Å². The average Bonchev–Trinajstić information content (AvgIpc) is 2.56. The Balaban J connectivity index is 2.56. The quantitative estimate of drug-likeness (QED) is 0.823. The van der Waals surface area contributed by atoms with E-state index in [9.17, 15) is 0 Å². The van der Waals surface area contributed by atoms with Crippen LogP contribution in [0.1, 0.15) is 19.4 Å². The monoisotopic (exact) mass is 230 g/mol. The maximum atomic E-state index is 5.94. The minimum absolute atomic E-state index is 0.540. The van der Waals surface area contributed by atoms with Crippen molar-refractivity contribution in [3.05, 3.63) is 23.8 Å². The number of fused-ring (bicyclic) bond motifs is 1. The van der Waals surface area contributed by atoms with Crippen molar-refractivity contribution in [2.24, 2.45) is 10.9 Å². The van der Waals surface area contributed by atoms with E-state index in [0.717, 1.165) is 23.1 Å². The van der Waals surface area contributed by atoms with Crippen molar-refractivity contribution in [3.63, 3.8) is 0 Å². The smallest absolute Gasteiger partial charge is 0.201 e. The molecule has 1 aromatic heterocycles. The molecule has 0 atom stereocenters. The molecule has 2 aromatic rings. The third kappa shape index (κ3) is 2.30. The molecule has 0 aliphatic carbocycles. The Labute approximate surface area is 101 Å². The van der Waals surface area contributed by atoms with Crippen LogP contribution in [0.3, 0.4) is 0 Å². The van der Waals surface area contributed by atoms with Crippen molar-refractivity contribution in [2.75, 3.05) is 12.8 Å². The minimum atomic E-state index is 0.540. The summed E-state index contributed by atoms with van der Waals surface area (Å²) >= 11 is 0. The van der Waals surface area contributed by atoms with Gasteiger partial charge in [0.2, 0.25) is 5.95 Å². The molecule has 2 N–H and O–H groups in total. The van der Waals surface area contributed by atoms with Crippen LogP contribution in [0.4, 0.5) is 5.95 Å². The van der Waals surface area contributed by atoms with Crippen molar-refractivity contribution in [1.82, 2.24) is 9.55 Å². The number of nitrogens with zero attached hydrogens (tertiary/aromatic N) is 3. The summed E-state index contributed by atoms with van der Waals surface area (Å²) in [6.07, 6.45) is 1.84. The molecule has 0 unspecified atom stereocenters. The molecule has 0 fully saturated rings. The maximum absolute atomic E-state index is 5.94. The molecule has 17 heavy (non-hydrogen) atoms. The molecule has 1 heterocycles. The molecular weight excluding hydrogens is 212 g/mol. The molecular formula is C13H18N4. The zero-order valence-electron chi connectivity index (χ0n) is 10.5. The van der Waals surface area contributed by atoms with Crippen LogP contribution >= 0.6 is 0 Å². The zero-order chi connectivity index (χ0) is 12.4. The van der Waals surface area contributed by atoms with Crippen molar-refractivity contribution >= 4 is 23.2 Å². The molecule has 0 saturated heterocycles. The fourth-order valence-electron chi connectivity index (χ4n) is 1.94. The fraction of sp³-hybridized carbons (Fsp3) is 0.385. The van der Waals surface area contributed by atoms with Gasteiger partial charge in [-0.25, -0.2) is 4.98 Å². The second-order valence-electron chi connectivity index (χ2n) is 4.61. The molecule has 0 aliphatic heterocycles. The first-order valence-electron chi connectivity index (χ1n) is 5.79. The summed E-state index contributed by atoms with van der Waals surface area (Å²) in [5, 5.41) is 0. The first-order valence-corrected chi connectivity index (χ1v) is 5.79.